The maximum Gasteiger partial charge on any atom is 0.0799 e. The SMILES string of the molecule is OC(CCl)CNC1CCCCC1. The van der Waals surface area contributed by atoms with Gasteiger partial charge in [-0.25, -0.2) is 0 Å². The Morgan fingerprint density at radius 2 is 2.00 bits per heavy atom. The van der Waals surface area contributed by atoms with Gasteiger partial charge in [0.15, 0.2) is 0 Å². The van der Waals surface area contributed by atoms with E-state index in [0.29, 0.717) is 18.5 Å². The van der Waals surface area contributed by atoms with Gasteiger partial charge in [0.25, 0.3) is 0 Å². The molecule has 1 atom stereocenters. The monoisotopic (exact) mass is 191 g/mol. The van der Waals surface area contributed by atoms with Crippen LogP contribution in [0.3, 0.4) is 0 Å². The number of halogens is 1. The molecule has 1 fully saturated rings. The average Bonchev–Trinajstić information content (AvgIpc) is 2.16. The molecule has 2 N–H and O–H groups in total. The molecule has 0 amide bonds. The molecule has 0 saturated heterocycles. The van der Waals surface area contributed by atoms with Gasteiger partial charge in [-0.05, 0) is 12.8 Å². The van der Waals surface area contributed by atoms with E-state index in [-0.39, 0.29) is 6.10 Å². The van der Waals surface area contributed by atoms with Crippen LogP contribution in [0.1, 0.15) is 32.1 Å². The molecule has 0 radical (unpaired) electrons. The molecule has 0 heterocycles. The lowest BCUT2D eigenvalue weighted by Crippen LogP contribution is -2.37. The van der Waals surface area contributed by atoms with Crippen molar-refractivity contribution in [2.75, 3.05) is 12.4 Å². The largest absolute Gasteiger partial charge is 0.391 e. The number of hydrogen-bond acceptors (Lipinski definition) is 2. The van der Waals surface area contributed by atoms with Crippen LogP contribution in [0.15, 0.2) is 0 Å². The van der Waals surface area contributed by atoms with Crippen LogP contribution in [0, 0.1) is 0 Å². The van der Waals surface area contributed by atoms with Gasteiger partial charge in [-0.15, -0.1) is 11.6 Å². The zero-order valence-corrected chi connectivity index (χ0v) is 8.19. The second kappa shape index (κ2) is 5.79. The van der Waals surface area contributed by atoms with Crippen LogP contribution in [0.2, 0.25) is 0 Å². The summed E-state index contributed by atoms with van der Waals surface area (Å²) < 4.78 is 0. The summed E-state index contributed by atoms with van der Waals surface area (Å²) in [5.74, 6) is 0.333. The van der Waals surface area contributed by atoms with Crippen molar-refractivity contribution in [2.45, 2.75) is 44.2 Å². The van der Waals surface area contributed by atoms with Gasteiger partial charge in [0, 0.05) is 18.5 Å². The fourth-order valence-corrected chi connectivity index (χ4v) is 1.77. The highest BCUT2D eigenvalue weighted by atomic mass is 35.5. The van der Waals surface area contributed by atoms with E-state index in [4.69, 9.17) is 11.6 Å². The van der Waals surface area contributed by atoms with E-state index < -0.39 is 0 Å². The molecule has 0 aromatic rings. The minimum Gasteiger partial charge on any atom is -0.391 e. The van der Waals surface area contributed by atoms with E-state index in [1.807, 2.05) is 0 Å². The molecular weight excluding hydrogens is 174 g/mol. The summed E-state index contributed by atoms with van der Waals surface area (Å²) >= 11 is 5.48. The van der Waals surface area contributed by atoms with E-state index in [2.05, 4.69) is 5.32 Å². The Morgan fingerprint density at radius 1 is 1.33 bits per heavy atom. The van der Waals surface area contributed by atoms with Gasteiger partial charge in [-0.3, -0.25) is 0 Å². The highest BCUT2D eigenvalue weighted by molar-refractivity contribution is 6.18. The van der Waals surface area contributed by atoms with Gasteiger partial charge < -0.3 is 10.4 Å². The molecule has 1 aliphatic rings. The predicted molar refractivity (Wildman–Crippen MR) is 51.6 cm³/mol. The van der Waals surface area contributed by atoms with E-state index >= 15 is 0 Å². The fraction of sp³-hybridized carbons (Fsp3) is 1.00. The molecule has 1 aliphatic carbocycles. The van der Waals surface area contributed by atoms with Crippen molar-refractivity contribution in [3.8, 4) is 0 Å². The third-order valence-electron chi connectivity index (χ3n) is 2.43. The van der Waals surface area contributed by atoms with Gasteiger partial charge in [0.05, 0.1) is 6.10 Å². The molecule has 1 rings (SSSR count). The van der Waals surface area contributed by atoms with Crippen molar-refractivity contribution < 1.29 is 5.11 Å². The molecule has 1 saturated carbocycles. The first-order chi connectivity index (χ1) is 5.83. The summed E-state index contributed by atoms with van der Waals surface area (Å²) in [5.41, 5.74) is 0. The topological polar surface area (TPSA) is 32.3 Å². The lowest BCUT2D eigenvalue weighted by molar-refractivity contribution is 0.184. The smallest absolute Gasteiger partial charge is 0.0799 e. The normalized spacial score (nSPS) is 22.5. The molecule has 0 aromatic carbocycles. The van der Waals surface area contributed by atoms with Crippen LogP contribution in [-0.2, 0) is 0 Å². The minimum absolute atomic E-state index is 0.333. The molecule has 1 unspecified atom stereocenters. The molecule has 3 heteroatoms. The molecular formula is C9H18ClNO. The van der Waals surface area contributed by atoms with Crippen molar-refractivity contribution in [3.63, 3.8) is 0 Å². The lowest BCUT2D eigenvalue weighted by atomic mass is 9.95. The van der Waals surface area contributed by atoms with Gasteiger partial charge in [0.1, 0.15) is 0 Å². The van der Waals surface area contributed by atoms with E-state index in [0.717, 1.165) is 0 Å². The molecule has 0 aliphatic heterocycles. The van der Waals surface area contributed by atoms with Crippen molar-refractivity contribution in [2.24, 2.45) is 0 Å². The number of aliphatic hydroxyl groups excluding tert-OH is 1. The molecule has 0 spiro atoms. The van der Waals surface area contributed by atoms with Crippen LogP contribution in [0.4, 0.5) is 0 Å². The Balaban J connectivity index is 2.05. The van der Waals surface area contributed by atoms with Crippen molar-refractivity contribution in [1.82, 2.24) is 5.32 Å². The van der Waals surface area contributed by atoms with Crippen LogP contribution < -0.4 is 5.32 Å². The maximum absolute atomic E-state index is 9.19. The summed E-state index contributed by atoms with van der Waals surface area (Å²) in [4.78, 5) is 0. The molecule has 72 valence electrons. The van der Waals surface area contributed by atoms with Crippen LogP contribution >= 0.6 is 11.6 Å². The van der Waals surface area contributed by atoms with Crippen LogP contribution in [-0.4, -0.2) is 29.7 Å². The Hall–Kier alpha value is 0.210. The quantitative estimate of drug-likeness (QED) is 0.661. The zero-order chi connectivity index (χ0) is 8.81. The summed E-state index contributed by atoms with van der Waals surface area (Å²) in [5, 5.41) is 12.5. The number of nitrogens with one attached hydrogen (secondary N) is 1. The van der Waals surface area contributed by atoms with E-state index in [9.17, 15) is 5.11 Å². The Labute approximate surface area is 79.3 Å². The third-order valence-corrected chi connectivity index (χ3v) is 2.78. The first-order valence-corrected chi connectivity index (χ1v) is 5.34. The van der Waals surface area contributed by atoms with Gasteiger partial charge in [0.2, 0.25) is 0 Å². The molecule has 12 heavy (non-hydrogen) atoms. The lowest BCUT2D eigenvalue weighted by Gasteiger charge is -2.23. The van der Waals surface area contributed by atoms with Gasteiger partial charge >= 0.3 is 0 Å². The van der Waals surface area contributed by atoms with Crippen molar-refractivity contribution in [3.05, 3.63) is 0 Å². The van der Waals surface area contributed by atoms with Crippen LogP contribution in [0.5, 0.6) is 0 Å². The minimum atomic E-state index is -0.381. The summed E-state index contributed by atoms with van der Waals surface area (Å²) in [7, 11) is 0. The summed E-state index contributed by atoms with van der Waals surface area (Å²) in [6, 6.07) is 0.622. The molecule has 0 bridgehead atoms. The number of hydrogen-bond donors (Lipinski definition) is 2. The molecule has 0 aromatic heterocycles. The summed E-state index contributed by atoms with van der Waals surface area (Å²) in [6.07, 6.45) is 6.16. The Morgan fingerprint density at radius 3 is 2.58 bits per heavy atom. The summed E-state index contributed by atoms with van der Waals surface area (Å²) in [6.45, 7) is 0.647. The highest BCUT2D eigenvalue weighted by Crippen LogP contribution is 2.17. The Bertz CT molecular complexity index is 115. The van der Waals surface area contributed by atoms with Crippen molar-refractivity contribution in [1.29, 1.82) is 0 Å². The Kier molecular flexibility index (Phi) is 4.96. The number of aliphatic hydroxyl groups is 1. The zero-order valence-electron chi connectivity index (χ0n) is 7.43. The van der Waals surface area contributed by atoms with E-state index in [1.165, 1.54) is 32.1 Å². The first-order valence-electron chi connectivity index (χ1n) is 4.80. The maximum atomic E-state index is 9.19. The second-order valence-corrected chi connectivity index (χ2v) is 3.86. The standard InChI is InChI=1S/C9H18ClNO/c10-6-9(12)7-11-8-4-2-1-3-5-8/h8-9,11-12H,1-7H2. The second-order valence-electron chi connectivity index (χ2n) is 3.55. The third kappa shape index (κ3) is 3.74. The average molecular weight is 192 g/mol. The molecule has 2 nitrogen and oxygen atoms in total. The van der Waals surface area contributed by atoms with Crippen molar-refractivity contribution >= 4 is 11.6 Å². The predicted octanol–water partition coefficient (Wildman–Crippen LogP) is 1.51. The first kappa shape index (κ1) is 10.3. The highest BCUT2D eigenvalue weighted by Gasteiger charge is 2.13. The van der Waals surface area contributed by atoms with Gasteiger partial charge in [-0.1, -0.05) is 19.3 Å². The fourth-order valence-electron chi connectivity index (χ4n) is 1.66. The van der Waals surface area contributed by atoms with E-state index in [1.54, 1.807) is 0 Å². The number of rotatable bonds is 4. The van der Waals surface area contributed by atoms with Gasteiger partial charge in [-0.2, -0.15) is 0 Å². The number of alkyl halides is 1. The van der Waals surface area contributed by atoms with Crippen LogP contribution in [0.25, 0.3) is 0 Å².